The molecule has 1 aliphatic rings. The molecular weight excluding hydrogens is 336 g/mol. The van der Waals surface area contributed by atoms with Crippen molar-refractivity contribution in [2.45, 2.75) is 12.0 Å². The van der Waals surface area contributed by atoms with E-state index in [1.807, 2.05) is 6.07 Å². The number of methoxy groups -OCH3 is 2. The second-order valence-corrected chi connectivity index (χ2v) is 5.94. The maximum Gasteiger partial charge on any atom is 0.348 e. The molecule has 1 aliphatic heterocycles. The number of esters is 1. The van der Waals surface area contributed by atoms with Gasteiger partial charge in [0.15, 0.2) is 0 Å². The molecule has 0 spiro atoms. The predicted molar refractivity (Wildman–Crippen MR) is 93.8 cm³/mol. The van der Waals surface area contributed by atoms with E-state index in [0.29, 0.717) is 28.0 Å². The van der Waals surface area contributed by atoms with Gasteiger partial charge in [-0.2, -0.15) is 0 Å². The topological polar surface area (TPSA) is 75.0 Å². The summed E-state index contributed by atoms with van der Waals surface area (Å²) >= 11 is 0. The van der Waals surface area contributed by atoms with Crippen molar-refractivity contribution < 1.29 is 23.4 Å². The summed E-state index contributed by atoms with van der Waals surface area (Å²) in [5.74, 6) is -0.129. The molecule has 132 valence electrons. The van der Waals surface area contributed by atoms with E-state index in [1.54, 1.807) is 49.6 Å². The van der Waals surface area contributed by atoms with Crippen molar-refractivity contribution in [3.63, 3.8) is 0 Å². The first-order valence-electron chi connectivity index (χ1n) is 8.08. The third-order valence-electron chi connectivity index (χ3n) is 4.57. The molecule has 6 nitrogen and oxygen atoms in total. The molecule has 2 atom stereocenters. The van der Waals surface area contributed by atoms with Gasteiger partial charge in [0.05, 0.1) is 31.1 Å². The summed E-state index contributed by atoms with van der Waals surface area (Å²) in [5, 5.41) is 0.645. The minimum atomic E-state index is -0.961. The number of hydrogen-bond acceptors (Lipinski definition) is 6. The van der Waals surface area contributed by atoms with Crippen LogP contribution in [0.4, 0.5) is 0 Å². The normalized spacial score (nSPS) is 18.2. The highest BCUT2D eigenvalue weighted by Gasteiger charge is 2.44. The first kappa shape index (κ1) is 16.2. The van der Waals surface area contributed by atoms with E-state index in [4.69, 9.17) is 18.6 Å². The number of benzene rings is 2. The van der Waals surface area contributed by atoms with Crippen LogP contribution in [-0.4, -0.2) is 26.3 Å². The molecule has 4 rings (SSSR count). The second-order valence-electron chi connectivity index (χ2n) is 5.94. The highest BCUT2D eigenvalue weighted by molar-refractivity contribution is 5.88. The standard InChI is InChI=1S/C20H16O6/c1-23-12-9-7-11(8-10-12)15-16-17(26-18(15)20(22)24-2)13-5-3-4-6-14(13)25-19(16)21/h3-10,15,18H,1-2H3/t15-,18-/m1/s1. The van der Waals surface area contributed by atoms with Crippen LogP contribution in [0, 0.1) is 0 Å². The Kier molecular flexibility index (Phi) is 3.88. The van der Waals surface area contributed by atoms with E-state index in [1.165, 1.54) is 7.11 Å². The molecular formula is C20H16O6. The zero-order chi connectivity index (χ0) is 18.3. The zero-order valence-electron chi connectivity index (χ0n) is 14.2. The van der Waals surface area contributed by atoms with Crippen molar-refractivity contribution in [1.82, 2.24) is 0 Å². The molecule has 0 aliphatic carbocycles. The molecule has 3 aromatic rings. The van der Waals surface area contributed by atoms with Gasteiger partial charge < -0.3 is 18.6 Å². The lowest BCUT2D eigenvalue weighted by atomic mass is 9.88. The summed E-state index contributed by atoms with van der Waals surface area (Å²) in [6, 6.07) is 14.2. The lowest BCUT2D eigenvalue weighted by Crippen LogP contribution is -2.31. The largest absolute Gasteiger partial charge is 0.497 e. The van der Waals surface area contributed by atoms with Crippen LogP contribution in [0.3, 0.4) is 0 Å². The molecule has 1 aromatic heterocycles. The SMILES string of the molecule is COC(=O)[C@@H]1Oc2c(c(=O)oc3ccccc23)[C@H]1c1ccc(OC)cc1. The lowest BCUT2D eigenvalue weighted by molar-refractivity contribution is -0.148. The van der Waals surface area contributed by atoms with Gasteiger partial charge in [0.2, 0.25) is 6.10 Å². The molecule has 0 bridgehead atoms. The van der Waals surface area contributed by atoms with E-state index in [0.717, 1.165) is 5.56 Å². The van der Waals surface area contributed by atoms with Crippen molar-refractivity contribution in [2.24, 2.45) is 0 Å². The summed E-state index contributed by atoms with van der Waals surface area (Å²) in [6.07, 6.45) is -0.961. The number of ether oxygens (including phenoxy) is 3. The first-order valence-corrected chi connectivity index (χ1v) is 8.08. The number of carbonyl (C=O) groups is 1. The molecule has 0 saturated heterocycles. The maximum absolute atomic E-state index is 12.7. The van der Waals surface area contributed by atoms with Gasteiger partial charge in [-0.05, 0) is 29.8 Å². The summed E-state index contributed by atoms with van der Waals surface area (Å²) < 4.78 is 21.4. The average Bonchev–Trinajstić information content (AvgIpc) is 3.09. The van der Waals surface area contributed by atoms with Gasteiger partial charge in [-0.15, -0.1) is 0 Å². The molecule has 2 aromatic carbocycles. The molecule has 0 saturated carbocycles. The fraction of sp³-hybridized carbons (Fsp3) is 0.200. The van der Waals surface area contributed by atoms with E-state index < -0.39 is 23.6 Å². The summed E-state index contributed by atoms with van der Waals surface area (Å²) in [4.78, 5) is 25.0. The fourth-order valence-corrected chi connectivity index (χ4v) is 3.33. The lowest BCUT2D eigenvalue weighted by Gasteiger charge is -2.17. The number of rotatable bonds is 3. The Balaban J connectivity index is 1.95. The Labute approximate surface area is 148 Å². The summed E-state index contributed by atoms with van der Waals surface area (Å²) in [7, 11) is 2.86. The minimum Gasteiger partial charge on any atom is -0.497 e. The predicted octanol–water partition coefficient (Wildman–Crippen LogP) is 2.87. The van der Waals surface area contributed by atoms with Gasteiger partial charge in [-0.1, -0.05) is 24.3 Å². The van der Waals surface area contributed by atoms with E-state index in [2.05, 4.69) is 0 Å². The third kappa shape index (κ3) is 2.42. The van der Waals surface area contributed by atoms with E-state index in [-0.39, 0.29) is 0 Å². The molecule has 0 fully saturated rings. The Morgan fingerprint density at radius 2 is 1.77 bits per heavy atom. The molecule has 0 N–H and O–H groups in total. The number of carbonyl (C=O) groups excluding carboxylic acids is 1. The van der Waals surface area contributed by atoms with Gasteiger partial charge in [0, 0.05) is 0 Å². The van der Waals surface area contributed by atoms with Crippen molar-refractivity contribution in [1.29, 1.82) is 0 Å². The van der Waals surface area contributed by atoms with Crippen LogP contribution in [0.5, 0.6) is 11.5 Å². The summed E-state index contributed by atoms with van der Waals surface area (Å²) in [5.41, 5.74) is 0.952. The van der Waals surface area contributed by atoms with Crippen LogP contribution >= 0.6 is 0 Å². The first-order chi connectivity index (χ1) is 12.6. The van der Waals surface area contributed by atoms with Gasteiger partial charge >= 0.3 is 11.6 Å². The molecule has 0 unspecified atom stereocenters. The monoisotopic (exact) mass is 352 g/mol. The van der Waals surface area contributed by atoms with Crippen LogP contribution in [0.1, 0.15) is 17.0 Å². The fourth-order valence-electron chi connectivity index (χ4n) is 3.33. The molecule has 0 amide bonds. The number of fused-ring (bicyclic) bond motifs is 3. The van der Waals surface area contributed by atoms with Crippen molar-refractivity contribution in [2.75, 3.05) is 14.2 Å². The highest BCUT2D eigenvalue weighted by atomic mass is 16.6. The van der Waals surface area contributed by atoms with Crippen LogP contribution < -0.4 is 15.1 Å². The van der Waals surface area contributed by atoms with Crippen LogP contribution in [0.2, 0.25) is 0 Å². The van der Waals surface area contributed by atoms with Gasteiger partial charge in [0.25, 0.3) is 0 Å². The quantitative estimate of drug-likeness (QED) is 0.533. The van der Waals surface area contributed by atoms with Crippen molar-refractivity contribution >= 4 is 16.9 Å². The van der Waals surface area contributed by atoms with Gasteiger partial charge in [0.1, 0.15) is 17.1 Å². The Bertz CT molecular complexity index is 1030. The molecule has 26 heavy (non-hydrogen) atoms. The Morgan fingerprint density at radius 1 is 1.04 bits per heavy atom. The summed E-state index contributed by atoms with van der Waals surface area (Å²) in [6.45, 7) is 0. The number of para-hydroxylation sites is 1. The van der Waals surface area contributed by atoms with Crippen LogP contribution in [0.25, 0.3) is 11.0 Å². The molecule has 0 radical (unpaired) electrons. The molecule has 6 heteroatoms. The Morgan fingerprint density at radius 3 is 2.46 bits per heavy atom. The zero-order valence-corrected chi connectivity index (χ0v) is 14.2. The van der Waals surface area contributed by atoms with Crippen molar-refractivity contribution in [3.8, 4) is 11.5 Å². The van der Waals surface area contributed by atoms with Gasteiger partial charge in [-0.3, -0.25) is 0 Å². The second kappa shape index (κ2) is 6.22. The third-order valence-corrected chi connectivity index (χ3v) is 4.57. The highest BCUT2D eigenvalue weighted by Crippen LogP contribution is 2.44. The van der Waals surface area contributed by atoms with Crippen molar-refractivity contribution in [3.05, 3.63) is 70.1 Å². The van der Waals surface area contributed by atoms with Crippen LogP contribution in [-0.2, 0) is 9.53 Å². The van der Waals surface area contributed by atoms with Crippen LogP contribution in [0.15, 0.2) is 57.7 Å². The minimum absolute atomic E-state index is 0.323. The van der Waals surface area contributed by atoms with Gasteiger partial charge in [-0.25, -0.2) is 9.59 Å². The average molecular weight is 352 g/mol. The smallest absolute Gasteiger partial charge is 0.348 e. The van der Waals surface area contributed by atoms with E-state index >= 15 is 0 Å². The van der Waals surface area contributed by atoms with E-state index in [9.17, 15) is 9.59 Å². The maximum atomic E-state index is 12.7. The number of hydrogen-bond donors (Lipinski definition) is 0. The Hall–Kier alpha value is -3.28. The molecule has 2 heterocycles.